The lowest BCUT2D eigenvalue weighted by Gasteiger charge is -2.19. The van der Waals surface area contributed by atoms with Gasteiger partial charge in [0, 0.05) is 7.05 Å². The van der Waals surface area contributed by atoms with Crippen molar-refractivity contribution in [2.45, 2.75) is 39.7 Å². The number of nitrogens with zero attached hydrogens (tertiary/aromatic N) is 4. The lowest BCUT2D eigenvalue weighted by atomic mass is 10.0. The molecule has 0 radical (unpaired) electrons. The number of rotatable bonds is 6. The highest BCUT2D eigenvalue weighted by molar-refractivity contribution is 5.82. The SMILES string of the molecule is Cc1nc2ccc(CC(=O)NC(CC(C)C)c3ncnn3C)cc2[nH]1. The van der Waals surface area contributed by atoms with E-state index >= 15 is 0 Å². The predicted octanol–water partition coefficient (Wildman–Crippen LogP) is 2.45. The number of benzene rings is 1. The van der Waals surface area contributed by atoms with Gasteiger partial charge in [0.25, 0.3) is 0 Å². The number of amides is 1. The Kier molecular flexibility index (Phi) is 4.83. The Morgan fingerprint density at radius 3 is 2.84 bits per heavy atom. The quantitative estimate of drug-likeness (QED) is 0.721. The van der Waals surface area contributed by atoms with E-state index in [2.05, 4.69) is 39.2 Å². The number of aromatic nitrogens is 5. The van der Waals surface area contributed by atoms with Gasteiger partial charge in [-0.05, 0) is 37.0 Å². The number of aryl methyl sites for hydroxylation is 2. The first-order valence-electron chi connectivity index (χ1n) is 8.51. The molecule has 7 heteroatoms. The molecule has 1 atom stereocenters. The minimum Gasteiger partial charge on any atom is -0.346 e. The van der Waals surface area contributed by atoms with Crippen LogP contribution in [0.5, 0.6) is 0 Å². The summed E-state index contributed by atoms with van der Waals surface area (Å²) in [6, 6.07) is 5.73. The van der Waals surface area contributed by atoms with Gasteiger partial charge in [0.1, 0.15) is 18.0 Å². The normalized spacial score (nSPS) is 12.7. The van der Waals surface area contributed by atoms with E-state index in [1.165, 1.54) is 6.33 Å². The summed E-state index contributed by atoms with van der Waals surface area (Å²) in [7, 11) is 1.84. The van der Waals surface area contributed by atoms with E-state index in [9.17, 15) is 4.79 Å². The summed E-state index contributed by atoms with van der Waals surface area (Å²) in [5.41, 5.74) is 2.82. The van der Waals surface area contributed by atoms with Crippen molar-refractivity contribution < 1.29 is 4.79 Å². The van der Waals surface area contributed by atoms with E-state index in [0.29, 0.717) is 12.3 Å². The Bertz CT molecular complexity index is 879. The minimum absolute atomic E-state index is 0.0239. The third-order valence-corrected chi connectivity index (χ3v) is 4.13. The maximum absolute atomic E-state index is 12.6. The van der Waals surface area contributed by atoms with Gasteiger partial charge in [0.15, 0.2) is 0 Å². The number of hydrogen-bond donors (Lipinski definition) is 2. The van der Waals surface area contributed by atoms with Crippen LogP contribution in [0.3, 0.4) is 0 Å². The molecule has 0 aliphatic heterocycles. The van der Waals surface area contributed by atoms with Crippen molar-refractivity contribution in [3.8, 4) is 0 Å². The van der Waals surface area contributed by atoms with E-state index in [1.54, 1.807) is 4.68 Å². The van der Waals surface area contributed by atoms with Crippen LogP contribution in [-0.2, 0) is 18.3 Å². The van der Waals surface area contributed by atoms with Crippen molar-refractivity contribution in [3.63, 3.8) is 0 Å². The summed E-state index contributed by atoms with van der Waals surface area (Å²) < 4.78 is 1.72. The third kappa shape index (κ3) is 4.04. The molecule has 0 aliphatic carbocycles. The second-order valence-electron chi connectivity index (χ2n) is 6.84. The van der Waals surface area contributed by atoms with Gasteiger partial charge >= 0.3 is 0 Å². The first-order chi connectivity index (χ1) is 11.9. The van der Waals surface area contributed by atoms with Crippen molar-refractivity contribution >= 4 is 16.9 Å². The molecule has 25 heavy (non-hydrogen) atoms. The fourth-order valence-electron chi connectivity index (χ4n) is 3.05. The molecular formula is C18H24N6O. The van der Waals surface area contributed by atoms with E-state index < -0.39 is 0 Å². The summed E-state index contributed by atoms with van der Waals surface area (Å²) in [4.78, 5) is 24.4. The smallest absolute Gasteiger partial charge is 0.225 e. The Morgan fingerprint density at radius 1 is 1.36 bits per heavy atom. The lowest BCUT2D eigenvalue weighted by molar-refractivity contribution is -0.121. The summed E-state index contributed by atoms with van der Waals surface area (Å²) in [5, 5.41) is 7.22. The van der Waals surface area contributed by atoms with Gasteiger partial charge in [-0.1, -0.05) is 19.9 Å². The highest BCUT2D eigenvalue weighted by Gasteiger charge is 2.20. The number of nitrogens with one attached hydrogen (secondary N) is 2. The molecule has 2 N–H and O–H groups in total. The summed E-state index contributed by atoms with van der Waals surface area (Å²) in [5.74, 6) is 2.06. The number of fused-ring (bicyclic) bond motifs is 1. The van der Waals surface area contributed by atoms with Crippen molar-refractivity contribution in [3.05, 3.63) is 41.7 Å². The van der Waals surface area contributed by atoms with Gasteiger partial charge in [-0.2, -0.15) is 5.10 Å². The van der Waals surface area contributed by atoms with Gasteiger partial charge in [0.05, 0.1) is 23.5 Å². The Morgan fingerprint density at radius 2 is 2.16 bits per heavy atom. The highest BCUT2D eigenvalue weighted by atomic mass is 16.1. The standard InChI is InChI=1S/C18H24N6O/c1-11(2)7-16(18-19-10-20-24(18)4)23-17(25)9-13-5-6-14-15(8-13)22-12(3)21-14/h5-6,8,10-11,16H,7,9H2,1-4H3,(H,21,22)(H,23,25). The molecule has 0 fully saturated rings. The molecule has 132 valence electrons. The molecule has 1 amide bonds. The number of imidazole rings is 1. The Balaban J connectivity index is 1.73. The zero-order valence-corrected chi connectivity index (χ0v) is 15.1. The molecular weight excluding hydrogens is 316 g/mol. The number of carbonyl (C=O) groups is 1. The third-order valence-electron chi connectivity index (χ3n) is 4.13. The average molecular weight is 340 g/mol. The zero-order chi connectivity index (χ0) is 18.0. The molecule has 0 saturated carbocycles. The molecule has 0 bridgehead atoms. The van der Waals surface area contributed by atoms with Gasteiger partial charge in [-0.25, -0.2) is 9.97 Å². The van der Waals surface area contributed by atoms with Crippen molar-refractivity contribution in [2.75, 3.05) is 0 Å². The van der Waals surface area contributed by atoms with Crippen LogP contribution in [-0.4, -0.2) is 30.6 Å². The molecule has 0 saturated heterocycles. The number of hydrogen-bond acceptors (Lipinski definition) is 4. The maximum Gasteiger partial charge on any atom is 0.225 e. The van der Waals surface area contributed by atoms with Crippen molar-refractivity contribution in [1.82, 2.24) is 30.0 Å². The number of carbonyl (C=O) groups excluding carboxylic acids is 1. The molecule has 3 rings (SSSR count). The van der Waals surface area contributed by atoms with Gasteiger partial charge < -0.3 is 10.3 Å². The predicted molar refractivity (Wildman–Crippen MR) is 95.9 cm³/mol. The topological polar surface area (TPSA) is 88.5 Å². The molecule has 7 nitrogen and oxygen atoms in total. The molecule has 0 aliphatic rings. The second kappa shape index (κ2) is 7.04. The van der Waals surface area contributed by atoms with Crippen LogP contribution in [0.1, 0.15) is 43.5 Å². The molecule has 2 aromatic heterocycles. The van der Waals surface area contributed by atoms with Crippen molar-refractivity contribution in [2.24, 2.45) is 13.0 Å². The largest absolute Gasteiger partial charge is 0.346 e. The highest BCUT2D eigenvalue weighted by Crippen LogP contribution is 2.19. The van der Waals surface area contributed by atoms with E-state index in [-0.39, 0.29) is 11.9 Å². The monoisotopic (exact) mass is 340 g/mol. The second-order valence-corrected chi connectivity index (χ2v) is 6.84. The number of H-pyrrole nitrogens is 1. The van der Waals surface area contributed by atoms with Crippen LogP contribution in [0.2, 0.25) is 0 Å². The van der Waals surface area contributed by atoms with E-state index in [1.807, 2.05) is 32.2 Å². The van der Waals surface area contributed by atoms with Crippen LogP contribution < -0.4 is 5.32 Å². The van der Waals surface area contributed by atoms with Crippen LogP contribution in [0, 0.1) is 12.8 Å². The fraction of sp³-hybridized carbons (Fsp3) is 0.444. The maximum atomic E-state index is 12.6. The van der Waals surface area contributed by atoms with E-state index in [4.69, 9.17) is 0 Å². The average Bonchev–Trinajstić information content (AvgIpc) is 3.10. The zero-order valence-electron chi connectivity index (χ0n) is 15.1. The van der Waals surface area contributed by atoms with Crippen LogP contribution in [0.4, 0.5) is 0 Å². The fourth-order valence-corrected chi connectivity index (χ4v) is 3.05. The molecule has 1 aromatic carbocycles. The lowest BCUT2D eigenvalue weighted by Crippen LogP contribution is -2.32. The summed E-state index contributed by atoms with van der Waals surface area (Å²) in [6.07, 6.45) is 2.65. The van der Waals surface area contributed by atoms with Crippen LogP contribution >= 0.6 is 0 Å². The minimum atomic E-state index is -0.141. The van der Waals surface area contributed by atoms with E-state index in [0.717, 1.165) is 34.7 Å². The van der Waals surface area contributed by atoms with Crippen LogP contribution in [0.25, 0.3) is 11.0 Å². The molecule has 3 aromatic rings. The van der Waals surface area contributed by atoms with Gasteiger partial charge in [-0.15, -0.1) is 0 Å². The summed E-state index contributed by atoms with van der Waals surface area (Å²) >= 11 is 0. The molecule has 0 spiro atoms. The summed E-state index contributed by atoms with van der Waals surface area (Å²) in [6.45, 7) is 6.18. The van der Waals surface area contributed by atoms with Gasteiger partial charge in [0.2, 0.25) is 5.91 Å². The Labute approximate surface area is 146 Å². The van der Waals surface area contributed by atoms with Crippen LogP contribution in [0.15, 0.2) is 24.5 Å². The number of aromatic amines is 1. The van der Waals surface area contributed by atoms with Gasteiger partial charge in [-0.3, -0.25) is 9.48 Å². The first kappa shape index (κ1) is 17.1. The van der Waals surface area contributed by atoms with Crippen molar-refractivity contribution in [1.29, 1.82) is 0 Å². The molecule has 1 unspecified atom stereocenters. The first-order valence-corrected chi connectivity index (χ1v) is 8.51. The molecule has 2 heterocycles. The Hall–Kier alpha value is -2.70.